The second-order valence-electron chi connectivity index (χ2n) is 8.67. The fourth-order valence-electron chi connectivity index (χ4n) is 4.52. The number of carbonyl (C=O) groups excluding carboxylic acids is 3. The monoisotopic (exact) mass is 591 g/mol. The van der Waals surface area contributed by atoms with Gasteiger partial charge in [0, 0.05) is 52.3 Å². The molecular formula is C24H27Br2N5O3. The molecule has 2 aliphatic rings. The fraction of sp³-hybridized carbons (Fsp3) is 0.375. The molecular weight excluding hydrogens is 566 g/mol. The number of benzene rings is 2. The third kappa shape index (κ3) is 5.29. The van der Waals surface area contributed by atoms with Crippen molar-refractivity contribution >= 4 is 61.0 Å². The molecule has 0 saturated carbocycles. The summed E-state index contributed by atoms with van der Waals surface area (Å²) in [5.41, 5.74) is 14.9. The number of Topliss-reactive ketones (excluding diaryl/α,β-unsaturated/α-hetero) is 1. The van der Waals surface area contributed by atoms with E-state index in [1.807, 2.05) is 29.2 Å². The SMILES string of the molecule is Nc1c(Br)cc(C(=O)C[C@H](N)C(=O)N2CCC(N3CCc4ccccc4NC3=O)CC2)cc1Br. The maximum absolute atomic E-state index is 12.9. The zero-order chi connectivity index (χ0) is 24.4. The first-order valence-corrected chi connectivity index (χ1v) is 12.8. The molecule has 4 rings (SSSR count). The molecule has 5 N–H and O–H groups in total. The molecule has 0 bridgehead atoms. The summed E-state index contributed by atoms with van der Waals surface area (Å²) in [6.07, 6.45) is 2.05. The number of para-hydroxylation sites is 1. The zero-order valence-electron chi connectivity index (χ0n) is 18.6. The topological polar surface area (TPSA) is 122 Å². The van der Waals surface area contributed by atoms with Gasteiger partial charge in [-0.05, 0) is 74.9 Å². The smallest absolute Gasteiger partial charge is 0.322 e. The van der Waals surface area contributed by atoms with Crippen LogP contribution >= 0.6 is 31.9 Å². The average molecular weight is 593 g/mol. The Morgan fingerprint density at radius 2 is 1.74 bits per heavy atom. The molecule has 0 unspecified atom stereocenters. The van der Waals surface area contributed by atoms with E-state index in [1.54, 1.807) is 17.0 Å². The number of hydrogen-bond donors (Lipinski definition) is 3. The number of likely N-dealkylation sites (tertiary alicyclic amines) is 1. The van der Waals surface area contributed by atoms with Crippen LogP contribution in [0.1, 0.15) is 35.2 Å². The van der Waals surface area contributed by atoms with Crippen LogP contribution in [0, 0.1) is 0 Å². The van der Waals surface area contributed by atoms with Crippen molar-refractivity contribution in [3.8, 4) is 0 Å². The van der Waals surface area contributed by atoms with E-state index in [2.05, 4.69) is 37.2 Å². The minimum Gasteiger partial charge on any atom is -0.397 e. The molecule has 0 aliphatic carbocycles. The minimum atomic E-state index is -0.921. The van der Waals surface area contributed by atoms with Gasteiger partial charge in [0.2, 0.25) is 5.91 Å². The van der Waals surface area contributed by atoms with Crippen molar-refractivity contribution in [3.63, 3.8) is 0 Å². The van der Waals surface area contributed by atoms with E-state index in [-0.39, 0.29) is 30.2 Å². The van der Waals surface area contributed by atoms with Gasteiger partial charge >= 0.3 is 6.03 Å². The summed E-state index contributed by atoms with van der Waals surface area (Å²) in [6.45, 7) is 1.64. The summed E-state index contributed by atoms with van der Waals surface area (Å²) >= 11 is 6.67. The molecule has 1 atom stereocenters. The van der Waals surface area contributed by atoms with Gasteiger partial charge in [0.15, 0.2) is 5.78 Å². The van der Waals surface area contributed by atoms with Crippen LogP contribution in [0.3, 0.4) is 0 Å². The largest absolute Gasteiger partial charge is 0.397 e. The van der Waals surface area contributed by atoms with E-state index < -0.39 is 6.04 Å². The number of carbonyl (C=O) groups is 3. The van der Waals surface area contributed by atoms with Gasteiger partial charge in [-0.2, -0.15) is 0 Å². The number of fused-ring (bicyclic) bond motifs is 1. The van der Waals surface area contributed by atoms with Crippen molar-refractivity contribution in [1.82, 2.24) is 9.80 Å². The van der Waals surface area contributed by atoms with Gasteiger partial charge in [-0.15, -0.1) is 0 Å². The number of ketones is 1. The number of urea groups is 1. The Morgan fingerprint density at radius 1 is 1.09 bits per heavy atom. The predicted octanol–water partition coefficient (Wildman–Crippen LogP) is 3.78. The molecule has 2 heterocycles. The molecule has 8 nitrogen and oxygen atoms in total. The number of nitrogens with two attached hydrogens (primary N) is 2. The van der Waals surface area contributed by atoms with Crippen LogP contribution in [-0.4, -0.2) is 59.2 Å². The first-order chi connectivity index (χ1) is 16.2. The van der Waals surface area contributed by atoms with Crippen LogP contribution in [-0.2, 0) is 11.2 Å². The van der Waals surface area contributed by atoms with Crippen molar-refractivity contribution in [2.75, 3.05) is 30.7 Å². The lowest BCUT2D eigenvalue weighted by Gasteiger charge is -2.38. The highest BCUT2D eigenvalue weighted by atomic mass is 79.9. The standard InChI is InChI=1S/C24H27Br2N5O3/c25-17-11-15(12-18(26)22(17)28)21(32)13-19(27)23(33)30-8-6-16(7-9-30)31-10-5-14-3-1-2-4-20(14)29-24(31)34/h1-4,11-12,16,19H,5-10,13,27-28H2,(H,29,34)/t19-/m0/s1. The molecule has 1 saturated heterocycles. The summed E-state index contributed by atoms with van der Waals surface area (Å²) in [4.78, 5) is 42.0. The quantitative estimate of drug-likeness (QED) is 0.360. The van der Waals surface area contributed by atoms with Crippen molar-refractivity contribution in [3.05, 3.63) is 56.5 Å². The highest BCUT2D eigenvalue weighted by Gasteiger charge is 2.33. The highest BCUT2D eigenvalue weighted by Crippen LogP contribution is 2.30. The molecule has 2 aliphatic heterocycles. The molecule has 3 amide bonds. The zero-order valence-corrected chi connectivity index (χ0v) is 21.8. The second-order valence-corrected chi connectivity index (χ2v) is 10.4. The number of nitrogens with one attached hydrogen (secondary N) is 1. The number of amides is 3. The molecule has 1 fully saturated rings. The molecule has 180 valence electrons. The number of nitrogen functional groups attached to an aromatic ring is 1. The lowest BCUT2D eigenvalue weighted by Crippen LogP contribution is -2.53. The van der Waals surface area contributed by atoms with Gasteiger partial charge < -0.3 is 26.6 Å². The van der Waals surface area contributed by atoms with E-state index in [0.29, 0.717) is 52.7 Å². The van der Waals surface area contributed by atoms with E-state index in [4.69, 9.17) is 11.5 Å². The molecule has 10 heteroatoms. The number of piperidine rings is 1. The summed E-state index contributed by atoms with van der Waals surface area (Å²) in [6, 6.07) is 10.1. The Morgan fingerprint density at radius 3 is 2.41 bits per heavy atom. The normalized spacial score (nSPS) is 17.6. The third-order valence-corrected chi connectivity index (χ3v) is 7.79. The maximum Gasteiger partial charge on any atom is 0.322 e. The van der Waals surface area contributed by atoms with Gasteiger partial charge in [0.1, 0.15) is 0 Å². The number of nitrogens with zero attached hydrogens (tertiary/aromatic N) is 2. The van der Waals surface area contributed by atoms with Crippen molar-refractivity contribution < 1.29 is 14.4 Å². The Labute approximate surface area is 215 Å². The Balaban J connectivity index is 1.32. The second kappa shape index (κ2) is 10.5. The summed E-state index contributed by atoms with van der Waals surface area (Å²) < 4.78 is 1.21. The van der Waals surface area contributed by atoms with Gasteiger partial charge in [-0.3, -0.25) is 9.59 Å². The maximum atomic E-state index is 12.9. The lowest BCUT2D eigenvalue weighted by molar-refractivity contribution is -0.134. The fourth-order valence-corrected chi connectivity index (χ4v) is 5.71. The summed E-state index contributed by atoms with van der Waals surface area (Å²) in [7, 11) is 0. The molecule has 2 aromatic carbocycles. The first kappa shape index (κ1) is 24.7. The predicted molar refractivity (Wildman–Crippen MR) is 139 cm³/mol. The van der Waals surface area contributed by atoms with E-state index in [0.717, 1.165) is 17.7 Å². The third-order valence-electron chi connectivity index (χ3n) is 6.48. The Bertz CT molecular complexity index is 1090. The van der Waals surface area contributed by atoms with Crippen LogP contribution in [0.2, 0.25) is 0 Å². The Hall–Kier alpha value is -2.43. The molecule has 2 aromatic rings. The highest BCUT2D eigenvalue weighted by molar-refractivity contribution is 9.11. The molecule has 0 radical (unpaired) electrons. The van der Waals surface area contributed by atoms with Gasteiger partial charge in [-0.1, -0.05) is 18.2 Å². The van der Waals surface area contributed by atoms with E-state index in [9.17, 15) is 14.4 Å². The summed E-state index contributed by atoms with van der Waals surface area (Å²) in [5, 5.41) is 3.00. The average Bonchev–Trinajstić information content (AvgIpc) is 2.99. The summed E-state index contributed by atoms with van der Waals surface area (Å²) in [5.74, 6) is -0.467. The van der Waals surface area contributed by atoms with E-state index >= 15 is 0 Å². The number of rotatable bonds is 5. The lowest BCUT2D eigenvalue weighted by atomic mass is 9.99. The van der Waals surface area contributed by atoms with Crippen LogP contribution in [0.4, 0.5) is 16.2 Å². The van der Waals surface area contributed by atoms with Gasteiger partial charge in [0.05, 0.1) is 11.7 Å². The van der Waals surface area contributed by atoms with Crippen LogP contribution in [0.25, 0.3) is 0 Å². The van der Waals surface area contributed by atoms with Crippen molar-refractivity contribution in [2.24, 2.45) is 5.73 Å². The molecule has 0 aromatic heterocycles. The molecule has 34 heavy (non-hydrogen) atoms. The van der Waals surface area contributed by atoms with Crippen LogP contribution in [0.15, 0.2) is 45.3 Å². The number of halogens is 2. The van der Waals surface area contributed by atoms with Crippen molar-refractivity contribution in [1.29, 1.82) is 0 Å². The first-order valence-electron chi connectivity index (χ1n) is 11.2. The Kier molecular flexibility index (Phi) is 7.59. The number of hydrogen-bond acceptors (Lipinski definition) is 5. The van der Waals surface area contributed by atoms with Crippen LogP contribution in [0.5, 0.6) is 0 Å². The number of anilines is 2. The van der Waals surface area contributed by atoms with Gasteiger partial charge in [0.25, 0.3) is 0 Å². The van der Waals surface area contributed by atoms with Gasteiger partial charge in [-0.25, -0.2) is 4.79 Å². The molecule has 0 spiro atoms. The van der Waals surface area contributed by atoms with Crippen molar-refractivity contribution in [2.45, 2.75) is 37.8 Å². The van der Waals surface area contributed by atoms with E-state index in [1.165, 1.54) is 0 Å². The van der Waals surface area contributed by atoms with Crippen LogP contribution < -0.4 is 16.8 Å². The minimum absolute atomic E-state index is 0.0562.